The molecule has 2 aromatic carbocycles. The topological polar surface area (TPSA) is 14.5 Å². The summed E-state index contributed by atoms with van der Waals surface area (Å²) in [6, 6.07) is 16.5. The largest absolute Gasteiger partial charge is 0.372 e. The maximum Gasteiger partial charge on any atom is 0.362 e. The van der Waals surface area contributed by atoms with Crippen LogP contribution in [0, 0.1) is 6.92 Å². The van der Waals surface area contributed by atoms with Gasteiger partial charge in [-0.2, -0.15) is 0 Å². The van der Waals surface area contributed by atoms with Crippen molar-refractivity contribution >= 4 is 28.3 Å². The Morgan fingerprint density at radius 1 is 0.957 bits per heavy atom. The van der Waals surface area contributed by atoms with Gasteiger partial charge in [-0.1, -0.05) is 23.7 Å². The van der Waals surface area contributed by atoms with Crippen LogP contribution in [-0.2, 0) is 0 Å². The molecule has 3 heteroatoms. The summed E-state index contributed by atoms with van der Waals surface area (Å²) < 4.78 is 6.10. The summed E-state index contributed by atoms with van der Waals surface area (Å²) in [5, 5.41) is 1.85. The Morgan fingerprint density at radius 2 is 1.65 bits per heavy atom. The van der Waals surface area contributed by atoms with Gasteiger partial charge in [0.05, 0.1) is 23.9 Å². The Kier molecular flexibility index (Phi) is 4.53. The lowest BCUT2D eigenvalue weighted by Crippen LogP contribution is -2.21. The van der Waals surface area contributed by atoms with Gasteiger partial charge in [-0.25, -0.2) is 4.42 Å². The molecule has 2 nitrogen and oxygen atoms in total. The van der Waals surface area contributed by atoms with Crippen molar-refractivity contribution in [3.8, 4) is 11.1 Å². The summed E-state index contributed by atoms with van der Waals surface area (Å²) in [6.07, 6.45) is 0. The molecule has 0 fully saturated rings. The molecule has 118 valence electrons. The monoisotopic (exact) mass is 326 g/mol. The van der Waals surface area contributed by atoms with E-state index in [0.717, 1.165) is 46.0 Å². The first-order chi connectivity index (χ1) is 11.1. The van der Waals surface area contributed by atoms with Crippen molar-refractivity contribution < 1.29 is 4.42 Å². The van der Waals surface area contributed by atoms with Gasteiger partial charge in [0.2, 0.25) is 0 Å². The number of hydrogen-bond donors (Lipinski definition) is 0. The van der Waals surface area contributed by atoms with E-state index in [4.69, 9.17) is 16.0 Å². The highest BCUT2D eigenvalue weighted by molar-refractivity contribution is 6.30. The van der Waals surface area contributed by atoms with Crippen LogP contribution in [-0.4, -0.2) is 13.1 Å². The molecular formula is C20H21ClNO+. The molecule has 0 bridgehead atoms. The lowest BCUT2D eigenvalue weighted by Gasteiger charge is -2.20. The van der Waals surface area contributed by atoms with Gasteiger partial charge < -0.3 is 4.90 Å². The predicted octanol–water partition coefficient (Wildman–Crippen LogP) is 6.19. The second-order valence-corrected chi connectivity index (χ2v) is 6.05. The molecule has 0 radical (unpaired) electrons. The van der Waals surface area contributed by atoms with Crippen molar-refractivity contribution in [2.75, 3.05) is 18.0 Å². The van der Waals surface area contributed by atoms with E-state index >= 15 is 0 Å². The third-order valence-corrected chi connectivity index (χ3v) is 4.48. The Labute approximate surface area is 142 Å². The number of nitrogens with zero attached hydrogens (tertiary/aromatic N) is 1. The molecule has 0 aliphatic rings. The lowest BCUT2D eigenvalue weighted by atomic mass is 10.0. The molecule has 3 rings (SSSR count). The average Bonchev–Trinajstić information content (AvgIpc) is 2.56. The smallest absolute Gasteiger partial charge is 0.362 e. The number of hydrogen-bond acceptors (Lipinski definition) is 1. The minimum Gasteiger partial charge on any atom is -0.372 e. The van der Waals surface area contributed by atoms with E-state index in [9.17, 15) is 0 Å². The van der Waals surface area contributed by atoms with Crippen LogP contribution in [0.15, 0.2) is 52.9 Å². The first-order valence-electron chi connectivity index (χ1n) is 8.00. The van der Waals surface area contributed by atoms with Crippen molar-refractivity contribution in [2.24, 2.45) is 0 Å². The van der Waals surface area contributed by atoms with Crippen LogP contribution in [0.4, 0.5) is 5.69 Å². The molecule has 1 aromatic heterocycles. The number of anilines is 1. The Balaban J connectivity index is 2.08. The zero-order valence-electron chi connectivity index (χ0n) is 13.8. The SMILES string of the molecule is CCN(CC)c1ccc2cc(-c3ccc(Cl)cc3)c(C)[o+]c2c1. The number of halogens is 1. The van der Waals surface area contributed by atoms with E-state index in [1.165, 1.54) is 5.69 Å². The van der Waals surface area contributed by atoms with Gasteiger partial charge in [0.25, 0.3) is 0 Å². The van der Waals surface area contributed by atoms with Gasteiger partial charge in [-0.05, 0) is 49.7 Å². The van der Waals surface area contributed by atoms with Crippen LogP contribution in [0.1, 0.15) is 19.6 Å². The second-order valence-electron chi connectivity index (χ2n) is 5.62. The number of benzene rings is 2. The minimum atomic E-state index is 0.744. The molecule has 0 amide bonds. The molecule has 0 saturated heterocycles. The van der Waals surface area contributed by atoms with Crippen molar-refractivity contribution in [3.63, 3.8) is 0 Å². The highest BCUT2D eigenvalue weighted by Crippen LogP contribution is 2.31. The summed E-state index contributed by atoms with van der Waals surface area (Å²) in [6.45, 7) is 8.32. The van der Waals surface area contributed by atoms with Gasteiger partial charge in [0.1, 0.15) is 0 Å². The standard InChI is InChI=1S/C20H21ClNO/c1-4-22(5-2)18-11-8-16-12-19(14(3)23-20(16)13-18)15-6-9-17(21)10-7-15/h6-13H,4-5H2,1-3H3/q+1. The van der Waals surface area contributed by atoms with Crippen LogP contribution >= 0.6 is 11.6 Å². The molecule has 0 N–H and O–H groups in total. The summed E-state index contributed by atoms with van der Waals surface area (Å²) in [5.74, 6) is 0.913. The first kappa shape index (κ1) is 15.8. The number of rotatable bonds is 4. The fraction of sp³-hybridized carbons (Fsp3) is 0.250. The second kappa shape index (κ2) is 6.59. The average molecular weight is 327 g/mol. The van der Waals surface area contributed by atoms with E-state index in [0.29, 0.717) is 0 Å². The zero-order valence-corrected chi connectivity index (χ0v) is 14.5. The summed E-state index contributed by atoms with van der Waals surface area (Å²) in [4.78, 5) is 2.32. The fourth-order valence-corrected chi connectivity index (χ4v) is 3.04. The van der Waals surface area contributed by atoms with Crippen molar-refractivity contribution in [1.29, 1.82) is 0 Å². The van der Waals surface area contributed by atoms with Crippen LogP contribution in [0.3, 0.4) is 0 Å². The molecular weight excluding hydrogens is 306 g/mol. The number of fused-ring (bicyclic) bond motifs is 1. The van der Waals surface area contributed by atoms with Crippen LogP contribution in [0.2, 0.25) is 5.02 Å². The van der Waals surface area contributed by atoms with E-state index in [2.05, 4.69) is 43.0 Å². The Hall–Kier alpha value is -2.06. The van der Waals surface area contributed by atoms with Crippen LogP contribution in [0.25, 0.3) is 22.1 Å². The highest BCUT2D eigenvalue weighted by Gasteiger charge is 2.17. The van der Waals surface area contributed by atoms with E-state index in [-0.39, 0.29) is 0 Å². The predicted molar refractivity (Wildman–Crippen MR) is 99.4 cm³/mol. The third kappa shape index (κ3) is 3.18. The maximum atomic E-state index is 6.10. The van der Waals surface area contributed by atoms with Gasteiger partial charge in [0.15, 0.2) is 0 Å². The lowest BCUT2D eigenvalue weighted by molar-refractivity contribution is 0.568. The minimum absolute atomic E-state index is 0.744. The first-order valence-corrected chi connectivity index (χ1v) is 8.38. The van der Waals surface area contributed by atoms with Crippen LogP contribution in [0.5, 0.6) is 0 Å². The van der Waals surface area contributed by atoms with Crippen molar-refractivity contribution in [3.05, 3.63) is 59.3 Å². The molecule has 0 aliphatic carbocycles. The van der Waals surface area contributed by atoms with Gasteiger partial charge >= 0.3 is 11.3 Å². The van der Waals surface area contributed by atoms with Gasteiger partial charge in [0, 0.05) is 23.8 Å². The molecule has 0 spiro atoms. The molecule has 0 aliphatic heterocycles. The van der Waals surface area contributed by atoms with E-state index in [1.807, 2.05) is 31.2 Å². The molecule has 0 atom stereocenters. The fourth-order valence-electron chi connectivity index (χ4n) is 2.91. The van der Waals surface area contributed by atoms with E-state index < -0.39 is 0 Å². The number of aryl methyl sites for hydroxylation is 1. The van der Waals surface area contributed by atoms with Crippen molar-refractivity contribution in [2.45, 2.75) is 20.8 Å². The summed E-state index contributed by atoms with van der Waals surface area (Å²) in [7, 11) is 0. The molecule has 0 unspecified atom stereocenters. The Bertz CT molecular complexity index is 823. The molecule has 1 heterocycles. The highest BCUT2D eigenvalue weighted by atomic mass is 35.5. The zero-order chi connectivity index (χ0) is 16.4. The maximum absolute atomic E-state index is 6.10. The quantitative estimate of drug-likeness (QED) is 0.531. The van der Waals surface area contributed by atoms with Gasteiger partial charge in [-0.15, -0.1) is 0 Å². The molecule has 23 heavy (non-hydrogen) atoms. The Morgan fingerprint density at radius 3 is 2.30 bits per heavy atom. The molecule has 3 aromatic rings. The van der Waals surface area contributed by atoms with E-state index in [1.54, 1.807) is 0 Å². The summed E-state index contributed by atoms with van der Waals surface area (Å²) in [5.41, 5.74) is 4.34. The van der Waals surface area contributed by atoms with Gasteiger partial charge in [-0.3, -0.25) is 0 Å². The van der Waals surface area contributed by atoms with Crippen molar-refractivity contribution in [1.82, 2.24) is 0 Å². The third-order valence-electron chi connectivity index (χ3n) is 4.22. The van der Waals surface area contributed by atoms with Crippen LogP contribution < -0.4 is 4.90 Å². The normalized spacial score (nSPS) is 11.0. The summed E-state index contributed by atoms with van der Waals surface area (Å²) >= 11 is 5.98. The molecule has 0 saturated carbocycles.